The minimum Gasteiger partial charge on any atom is -0.0885 e. The molecule has 0 radical (unpaired) electrons. The van der Waals surface area contributed by atoms with Crippen LogP contribution in [0.5, 0.6) is 0 Å². The Kier molecular flexibility index (Phi) is 7.47. The molecule has 0 N–H and O–H groups in total. The molecule has 0 aromatic rings. The first kappa shape index (κ1) is 11.6. The third-order valence-corrected chi connectivity index (χ3v) is 2.82. The highest BCUT2D eigenvalue weighted by molar-refractivity contribution is 4.84. The molecule has 1 aliphatic rings. The quantitative estimate of drug-likeness (QED) is 0.473. The summed E-state index contributed by atoms with van der Waals surface area (Å²) in [5.74, 6) is 0. The highest BCUT2D eigenvalue weighted by Gasteiger charge is 1.89. The van der Waals surface area contributed by atoms with Crippen molar-refractivity contribution in [2.75, 3.05) is 0 Å². The smallest absolute Gasteiger partial charge is 0.0351 e. The van der Waals surface area contributed by atoms with E-state index in [0.29, 0.717) is 0 Å². The molecule has 0 heteroatoms. The Bertz CT molecular complexity index is 145. The predicted molar refractivity (Wildman–Crippen MR) is 64.5 cm³/mol. The fourth-order valence-corrected chi connectivity index (χ4v) is 1.87. The van der Waals surface area contributed by atoms with E-state index in [-0.39, 0.29) is 0 Å². The van der Waals surface area contributed by atoms with Crippen molar-refractivity contribution in [3.05, 3.63) is 24.3 Å². The number of hydrogen-bond donors (Lipinski definition) is 0. The van der Waals surface area contributed by atoms with Gasteiger partial charge in [0.25, 0.3) is 0 Å². The van der Waals surface area contributed by atoms with Gasteiger partial charge in [0.2, 0.25) is 0 Å². The second-order valence-electron chi connectivity index (χ2n) is 4.22. The van der Waals surface area contributed by atoms with Crippen molar-refractivity contribution in [3.8, 4) is 0 Å². The lowest BCUT2D eigenvalue weighted by Gasteiger charge is -1.99. The summed E-state index contributed by atoms with van der Waals surface area (Å²) in [6.07, 6.45) is 23.0. The first-order chi connectivity index (χ1) is 7.00. The second kappa shape index (κ2) is 9.05. The number of rotatable bonds is 0. The van der Waals surface area contributed by atoms with Gasteiger partial charge in [-0.15, -0.1) is 0 Å². The van der Waals surface area contributed by atoms with Crippen LogP contribution in [0.2, 0.25) is 0 Å². The Balaban J connectivity index is 2.16. The molecule has 0 saturated heterocycles. The van der Waals surface area contributed by atoms with Crippen molar-refractivity contribution in [2.24, 2.45) is 0 Å². The molecular formula is C14H24. The van der Waals surface area contributed by atoms with Crippen LogP contribution in [0.25, 0.3) is 0 Å². The average Bonchev–Trinajstić information content (AvgIpc) is 2.22. The molecule has 0 unspecified atom stereocenters. The molecule has 14 heavy (non-hydrogen) atoms. The summed E-state index contributed by atoms with van der Waals surface area (Å²) >= 11 is 0. The van der Waals surface area contributed by atoms with E-state index in [0.717, 1.165) is 0 Å². The van der Waals surface area contributed by atoms with Crippen LogP contribution in [0.15, 0.2) is 24.3 Å². The van der Waals surface area contributed by atoms with Crippen molar-refractivity contribution in [2.45, 2.75) is 64.2 Å². The third kappa shape index (κ3) is 6.94. The zero-order chi connectivity index (χ0) is 9.90. The van der Waals surface area contributed by atoms with E-state index in [2.05, 4.69) is 24.3 Å². The molecule has 0 amide bonds. The van der Waals surface area contributed by atoms with Crippen LogP contribution in [0.1, 0.15) is 64.2 Å². The van der Waals surface area contributed by atoms with Gasteiger partial charge < -0.3 is 0 Å². The molecule has 1 aliphatic carbocycles. The summed E-state index contributed by atoms with van der Waals surface area (Å²) < 4.78 is 0. The van der Waals surface area contributed by atoms with Crippen LogP contribution in [0.3, 0.4) is 0 Å². The maximum absolute atomic E-state index is 2.38. The van der Waals surface area contributed by atoms with Gasteiger partial charge in [-0.2, -0.15) is 0 Å². The van der Waals surface area contributed by atoms with Gasteiger partial charge in [-0.3, -0.25) is 0 Å². The SMILES string of the molecule is C1=CCCCCCC/C=C/CCCC1. The predicted octanol–water partition coefficient (Wildman–Crippen LogP) is 5.01. The summed E-state index contributed by atoms with van der Waals surface area (Å²) in [6, 6.07) is 0. The normalized spacial score (nSPS) is 24.0. The summed E-state index contributed by atoms with van der Waals surface area (Å²) in [6.45, 7) is 0. The van der Waals surface area contributed by atoms with Crippen LogP contribution in [-0.4, -0.2) is 0 Å². The van der Waals surface area contributed by atoms with Gasteiger partial charge >= 0.3 is 0 Å². The van der Waals surface area contributed by atoms with Crippen molar-refractivity contribution in [1.29, 1.82) is 0 Å². The van der Waals surface area contributed by atoms with E-state index >= 15 is 0 Å². The average molecular weight is 192 g/mol. The molecule has 0 nitrogen and oxygen atoms in total. The van der Waals surface area contributed by atoms with E-state index in [1.54, 1.807) is 0 Å². The molecule has 0 aromatic carbocycles. The lowest BCUT2D eigenvalue weighted by molar-refractivity contribution is 0.649. The molecule has 0 bridgehead atoms. The van der Waals surface area contributed by atoms with Crippen LogP contribution < -0.4 is 0 Å². The molecular weight excluding hydrogens is 168 g/mol. The molecule has 0 fully saturated rings. The van der Waals surface area contributed by atoms with E-state index in [4.69, 9.17) is 0 Å². The lowest BCUT2D eigenvalue weighted by atomic mass is 10.1. The largest absolute Gasteiger partial charge is 0.0885 e. The number of hydrogen-bond acceptors (Lipinski definition) is 0. The van der Waals surface area contributed by atoms with Crippen LogP contribution in [0, 0.1) is 0 Å². The van der Waals surface area contributed by atoms with Gasteiger partial charge in [-0.1, -0.05) is 37.1 Å². The van der Waals surface area contributed by atoms with Crippen molar-refractivity contribution in [3.63, 3.8) is 0 Å². The third-order valence-electron chi connectivity index (χ3n) is 2.82. The van der Waals surface area contributed by atoms with E-state index in [1.165, 1.54) is 64.2 Å². The molecule has 1 rings (SSSR count). The van der Waals surface area contributed by atoms with E-state index in [1.807, 2.05) is 0 Å². The number of allylic oxidation sites excluding steroid dienone is 4. The molecule has 0 atom stereocenters. The topological polar surface area (TPSA) is 0 Å². The first-order valence-corrected chi connectivity index (χ1v) is 6.30. The molecule has 0 aromatic heterocycles. The van der Waals surface area contributed by atoms with Gasteiger partial charge in [0, 0.05) is 0 Å². The zero-order valence-electron chi connectivity index (χ0n) is 9.38. The summed E-state index contributed by atoms with van der Waals surface area (Å²) in [4.78, 5) is 0. The molecule has 0 heterocycles. The Labute approximate surface area is 89.1 Å². The summed E-state index contributed by atoms with van der Waals surface area (Å²) in [5.41, 5.74) is 0. The van der Waals surface area contributed by atoms with Crippen LogP contribution in [-0.2, 0) is 0 Å². The highest BCUT2D eigenvalue weighted by Crippen LogP contribution is 2.09. The van der Waals surface area contributed by atoms with Crippen molar-refractivity contribution >= 4 is 0 Å². The van der Waals surface area contributed by atoms with Gasteiger partial charge in [-0.25, -0.2) is 0 Å². The van der Waals surface area contributed by atoms with E-state index in [9.17, 15) is 0 Å². The van der Waals surface area contributed by atoms with Crippen LogP contribution >= 0.6 is 0 Å². The Morgan fingerprint density at radius 2 is 0.643 bits per heavy atom. The highest BCUT2D eigenvalue weighted by atomic mass is 14.0. The van der Waals surface area contributed by atoms with Crippen molar-refractivity contribution in [1.82, 2.24) is 0 Å². The van der Waals surface area contributed by atoms with Crippen molar-refractivity contribution < 1.29 is 0 Å². The first-order valence-electron chi connectivity index (χ1n) is 6.30. The lowest BCUT2D eigenvalue weighted by Crippen LogP contribution is -1.79. The van der Waals surface area contributed by atoms with Gasteiger partial charge in [-0.05, 0) is 51.4 Å². The molecule has 80 valence electrons. The zero-order valence-corrected chi connectivity index (χ0v) is 9.38. The van der Waals surface area contributed by atoms with Gasteiger partial charge in [0.15, 0.2) is 0 Å². The monoisotopic (exact) mass is 192 g/mol. The maximum atomic E-state index is 2.38. The van der Waals surface area contributed by atoms with E-state index < -0.39 is 0 Å². The molecule has 0 saturated carbocycles. The standard InChI is InChI=1S/C14H24/c1-2-4-6-8-10-12-14-13-11-9-7-5-3-1/h1-2,11,13H,3-10,12,14H2/b2-1+,13-11?. The van der Waals surface area contributed by atoms with Crippen LogP contribution in [0.4, 0.5) is 0 Å². The maximum Gasteiger partial charge on any atom is -0.0351 e. The minimum absolute atomic E-state index is 1.29. The van der Waals surface area contributed by atoms with Gasteiger partial charge in [0.05, 0.1) is 0 Å². The van der Waals surface area contributed by atoms with Gasteiger partial charge in [0.1, 0.15) is 0 Å². The summed E-state index contributed by atoms with van der Waals surface area (Å²) in [7, 11) is 0. The Morgan fingerprint density at radius 1 is 0.357 bits per heavy atom. The minimum atomic E-state index is 1.29. The fourth-order valence-electron chi connectivity index (χ4n) is 1.87. The molecule has 0 aliphatic heterocycles. The molecule has 0 spiro atoms. The summed E-state index contributed by atoms with van der Waals surface area (Å²) in [5, 5.41) is 0. The Hall–Kier alpha value is -0.520. The fraction of sp³-hybridized carbons (Fsp3) is 0.714. The Morgan fingerprint density at radius 3 is 1.00 bits per heavy atom. The second-order valence-corrected chi connectivity index (χ2v) is 4.22.